The molecule has 0 aliphatic rings. The standard InChI is InChI=1S/C9H19NO3/c1-4-7(8(11)12)13-9(3,5-2)6-10/h7H,4-6,10H2,1-3H3,(H,11,12). The maximum Gasteiger partial charge on any atom is 0.332 e. The summed E-state index contributed by atoms with van der Waals surface area (Å²) >= 11 is 0. The van der Waals surface area contributed by atoms with Crippen molar-refractivity contribution in [3.63, 3.8) is 0 Å². The summed E-state index contributed by atoms with van der Waals surface area (Å²) in [6.07, 6.45) is 0.437. The lowest BCUT2D eigenvalue weighted by Gasteiger charge is -2.30. The van der Waals surface area contributed by atoms with Crippen molar-refractivity contribution in [2.45, 2.75) is 45.3 Å². The maximum absolute atomic E-state index is 10.7. The number of carbonyl (C=O) groups is 1. The summed E-state index contributed by atoms with van der Waals surface area (Å²) in [5.74, 6) is -0.921. The zero-order valence-corrected chi connectivity index (χ0v) is 8.54. The summed E-state index contributed by atoms with van der Waals surface area (Å²) in [5.41, 5.74) is 4.99. The smallest absolute Gasteiger partial charge is 0.332 e. The average molecular weight is 189 g/mol. The van der Waals surface area contributed by atoms with Gasteiger partial charge in [0.1, 0.15) is 0 Å². The maximum atomic E-state index is 10.7. The number of carboxylic acid groups (broad SMARTS) is 1. The molecule has 0 aliphatic carbocycles. The van der Waals surface area contributed by atoms with Gasteiger partial charge < -0.3 is 15.6 Å². The van der Waals surface area contributed by atoms with Crippen molar-refractivity contribution in [2.75, 3.05) is 6.54 Å². The minimum Gasteiger partial charge on any atom is -0.479 e. The van der Waals surface area contributed by atoms with Gasteiger partial charge in [0.2, 0.25) is 0 Å². The molecule has 0 aromatic rings. The van der Waals surface area contributed by atoms with E-state index in [2.05, 4.69) is 0 Å². The monoisotopic (exact) mass is 189 g/mol. The van der Waals surface area contributed by atoms with E-state index in [1.54, 1.807) is 6.92 Å². The van der Waals surface area contributed by atoms with Gasteiger partial charge in [-0.2, -0.15) is 0 Å². The predicted octanol–water partition coefficient (Wildman–Crippen LogP) is 0.994. The largest absolute Gasteiger partial charge is 0.479 e. The number of carboxylic acids is 1. The first kappa shape index (κ1) is 12.4. The van der Waals surface area contributed by atoms with E-state index in [-0.39, 0.29) is 0 Å². The molecular weight excluding hydrogens is 170 g/mol. The third kappa shape index (κ3) is 3.74. The molecule has 78 valence electrons. The third-order valence-electron chi connectivity index (χ3n) is 2.25. The molecule has 0 saturated carbocycles. The molecule has 0 spiro atoms. The molecule has 0 fully saturated rings. The average Bonchev–Trinajstić information content (AvgIpc) is 2.13. The molecule has 0 rings (SSSR count). The Hall–Kier alpha value is -0.610. The van der Waals surface area contributed by atoms with Gasteiger partial charge >= 0.3 is 5.97 Å². The molecule has 0 heterocycles. The van der Waals surface area contributed by atoms with E-state index in [0.717, 1.165) is 0 Å². The van der Waals surface area contributed by atoms with Crippen LogP contribution in [0.4, 0.5) is 0 Å². The van der Waals surface area contributed by atoms with Gasteiger partial charge in [-0.15, -0.1) is 0 Å². The highest BCUT2D eigenvalue weighted by atomic mass is 16.5. The molecule has 0 aliphatic heterocycles. The summed E-state index contributed by atoms with van der Waals surface area (Å²) in [6, 6.07) is 0. The summed E-state index contributed by atoms with van der Waals surface area (Å²) < 4.78 is 5.42. The number of rotatable bonds is 6. The Labute approximate surface area is 79.1 Å². The van der Waals surface area contributed by atoms with E-state index >= 15 is 0 Å². The summed E-state index contributed by atoms with van der Waals surface area (Å²) in [7, 11) is 0. The fraction of sp³-hybridized carbons (Fsp3) is 0.889. The highest BCUT2D eigenvalue weighted by molar-refractivity contribution is 5.72. The normalized spacial score (nSPS) is 17.8. The van der Waals surface area contributed by atoms with Crippen molar-refractivity contribution in [1.29, 1.82) is 0 Å². The van der Waals surface area contributed by atoms with Crippen LogP contribution in [0.1, 0.15) is 33.6 Å². The van der Waals surface area contributed by atoms with Crippen LogP contribution in [-0.4, -0.2) is 29.3 Å². The number of hydrogen-bond donors (Lipinski definition) is 2. The Balaban J connectivity index is 4.27. The van der Waals surface area contributed by atoms with Gasteiger partial charge in [0.25, 0.3) is 0 Å². The Morgan fingerprint density at radius 2 is 2.15 bits per heavy atom. The Kier molecular flexibility index (Phi) is 4.95. The molecule has 13 heavy (non-hydrogen) atoms. The first-order valence-electron chi connectivity index (χ1n) is 4.59. The van der Waals surface area contributed by atoms with Gasteiger partial charge in [0.05, 0.1) is 5.60 Å². The van der Waals surface area contributed by atoms with Crippen molar-refractivity contribution in [2.24, 2.45) is 5.73 Å². The fourth-order valence-electron chi connectivity index (χ4n) is 0.928. The lowest BCUT2D eigenvalue weighted by molar-refractivity contribution is -0.162. The zero-order chi connectivity index (χ0) is 10.5. The lowest BCUT2D eigenvalue weighted by Crippen LogP contribution is -2.42. The van der Waals surface area contributed by atoms with E-state index in [1.165, 1.54) is 0 Å². The Morgan fingerprint density at radius 1 is 1.62 bits per heavy atom. The van der Waals surface area contributed by atoms with Crippen LogP contribution in [0.25, 0.3) is 0 Å². The molecule has 0 saturated heterocycles. The first-order chi connectivity index (χ1) is 5.99. The summed E-state index contributed by atoms with van der Waals surface area (Å²) in [5, 5.41) is 8.76. The molecule has 0 aromatic carbocycles. The quantitative estimate of drug-likeness (QED) is 0.653. The lowest BCUT2D eigenvalue weighted by atomic mass is 10.0. The second-order valence-corrected chi connectivity index (χ2v) is 3.36. The predicted molar refractivity (Wildman–Crippen MR) is 50.6 cm³/mol. The number of nitrogens with two attached hydrogens (primary N) is 1. The highest BCUT2D eigenvalue weighted by Crippen LogP contribution is 2.17. The first-order valence-corrected chi connectivity index (χ1v) is 4.59. The number of hydrogen-bond acceptors (Lipinski definition) is 3. The van der Waals surface area contributed by atoms with Crippen molar-refractivity contribution < 1.29 is 14.6 Å². The topological polar surface area (TPSA) is 72.5 Å². The second kappa shape index (κ2) is 5.19. The van der Waals surface area contributed by atoms with E-state index in [1.807, 2.05) is 13.8 Å². The van der Waals surface area contributed by atoms with E-state index in [4.69, 9.17) is 15.6 Å². The molecule has 0 amide bonds. The van der Waals surface area contributed by atoms with Gasteiger partial charge in [-0.25, -0.2) is 4.79 Å². The van der Waals surface area contributed by atoms with Gasteiger partial charge in [0.15, 0.2) is 6.10 Å². The highest BCUT2D eigenvalue weighted by Gasteiger charge is 2.28. The van der Waals surface area contributed by atoms with E-state index in [9.17, 15) is 4.79 Å². The molecule has 2 atom stereocenters. The van der Waals surface area contributed by atoms with Crippen LogP contribution in [0.5, 0.6) is 0 Å². The molecule has 3 N–H and O–H groups in total. The summed E-state index contributed by atoms with van der Waals surface area (Å²) in [6.45, 7) is 5.89. The molecule has 0 bridgehead atoms. The van der Waals surface area contributed by atoms with Crippen LogP contribution in [0, 0.1) is 0 Å². The molecular formula is C9H19NO3. The van der Waals surface area contributed by atoms with Crippen molar-refractivity contribution in [1.82, 2.24) is 0 Å². The fourth-order valence-corrected chi connectivity index (χ4v) is 0.928. The van der Waals surface area contributed by atoms with E-state index < -0.39 is 17.7 Å². The second-order valence-electron chi connectivity index (χ2n) is 3.36. The van der Waals surface area contributed by atoms with Crippen LogP contribution in [0.2, 0.25) is 0 Å². The molecule has 0 aromatic heterocycles. The number of ether oxygens (including phenoxy) is 1. The van der Waals surface area contributed by atoms with Gasteiger partial charge in [-0.3, -0.25) is 0 Å². The minimum atomic E-state index is -0.921. The molecule has 4 heteroatoms. The summed E-state index contributed by atoms with van der Waals surface area (Å²) in [4.78, 5) is 10.7. The van der Waals surface area contributed by atoms with Crippen LogP contribution in [0.3, 0.4) is 0 Å². The van der Waals surface area contributed by atoms with Crippen molar-refractivity contribution >= 4 is 5.97 Å². The van der Waals surface area contributed by atoms with Crippen LogP contribution in [-0.2, 0) is 9.53 Å². The van der Waals surface area contributed by atoms with Gasteiger partial charge in [-0.1, -0.05) is 13.8 Å². The molecule has 2 unspecified atom stereocenters. The van der Waals surface area contributed by atoms with Crippen LogP contribution < -0.4 is 5.73 Å². The van der Waals surface area contributed by atoms with Crippen molar-refractivity contribution in [3.8, 4) is 0 Å². The van der Waals surface area contributed by atoms with Crippen molar-refractivity contribution in [3.05, 3.63) is 0 Å². The third-order valence-corrected chi connectivity index (χ3v) is 2.25. The molecule has 0 radical (unpaired) electrons. The Morgan fingerprint density at radius 3 is 2.38 bits per heavy atom. The van der Waals surface area contributed by atoms with Crippen LogP contribution in [0.15, 0.2) is 0 Å². The minimum absolute atomic E-state index is 0.341. The zero-order valence-electron chi connectivity index (χ0n) is 8.54. The SMILES string of the molecule is CCC(OC(C)(CC)CN)C(=O)O. The number of aliphatic carboxylic acids is 1. The molecule has 4 nitrogen and oxygen atoms in total. The van der Waals surface area contributed by atoms with Gasteiger partial charge in [0, 0.05) is 6.54 Å². The Bertz CT molecular complexity index is 166. The van der Waals surface area contributed by atoms with Gasteiger partial charge in [-0.05, 0) is 19.8 Å². The van der Waals surface area contributed by atoms with E-state index in [0.29, 0.717) is 19.4 Å². The van der Waals surface area contributed by atoms with Crippen LogP contribution >= 0.6 is 0 Å².